The monoisotopic (exact) mass is 168 g/mol. The highest BCUT2D eigenvalue weighted by Crippen LogP contribution is 2.15. The van der Waals surface area contributed by atoms with Crippen LogP contribution in [-0.2, 0) is 14.3 Å². The maximum atomic E-state index is 10.6. The summed E-state index contributed by atoms with van der Waals surface area (Å²) in [7, 11) is 0. The molecule has 0 aliphatic heterocycles. The highest BCUT2D eigenvalue weighted by Gasteiger charge is 2.26. The molecule has 0 heterocycles. The van der Waals surface area contributed by atoms with Crippen LogP contribution in [0.2, 0.25) is 0 Å². The van der Waals surface area contributed by atoms with E-state index >= 15 is 0 Å². The molecule has 4 heteroatoms. The van der Waals surface area contributed by atoms with Crippen molar-refractivity contribution in [3.63, 3.8) is 0 Å². The average Bonchev–Trinajstić information content (AvgIpc) is 1.94. The van der Waals surface area contributed by atoms with Crippen LogP contribution in [0.1, 0.15) is 6.92 Å². The molecule has 1 aliphatic carbocycles. The zero-order valence-electron chi connectivity index (χ0n) is 6.48. The van der Waals surface area contributed by atoms with Crippen LogP contribution in [0.15, 0.2) is 24.3 Å². The predicted molar refractivity (Wildman–Crippen MR) is 40.0 cm³/mol. The maximum Gasteiger partial charge on any atom is 0.305 e. The fourth-order valence-corrected chi connectivity index (χ4v) is 0.812. The summed E-state index contributed by atoms with van der Waals surface area (Å²) in [6, 6.07) is 0. The topological polar surface area (TPSA) is 63.6 Å². The minimum atomic E-state index is -1.75. The van der Waals surface area contributed by atoms with E-state index in [1.807, 2.05) is 0 Å². The molecule has 0 saturated heterocycles. The molecule has 4 nitrogen and oxygen atoms in total. The Labute approximate surface area is 69.1 Å². The molecule has 64 valence electrons. The van der Waals surface area contributed by atoms with E-state index in [4.69, 9.17) is 0 Å². The number of ketones is 1. The lowest BCUT2D eigenvalue weighted by molar-refractivity contribution is -0.174. The molecule has 0 fully saturated rings. The van der Waals surface area contributed by atoms with Crippen molar-refractivity contribution in [3.8, 4) is 0 Å². The lowest BCUT2D eigenvalue weighted by Crippen LogP contribution is -2.31. The molecule has 12 heavy (non-hydrogen) atoms. The van der Waals surface area contributed by atoms with Crippen LogP contribution in [0.5, 0.6) is 0 Å². The highest BCUT2D eigenvalue weighted by atomic mass is 16.7. The second-order valence-electron chi connectivity index (χ2n) is 2.41. The molecule has 1 aliphatic rings. The Balaban J connectivity index is 2.74. The summed E-state index contributed by atoms with van der Waals surface area (Å²) in [5.41, 5.74) is 0. The number of aliphatic hydroxyl groups is 1. The van der Waals surface area contributed by atoms with Gasteiger partial charge in [-0.25, -0.2) is 0 Å². The quantitative estimate of drug-likeness (QED) is 0.440. The average molecular weight is 168 g/mol. The minimum absolute atomic E-state index is 0.244. The second kappa shape index (κ2) is 2.91. The van der Waals surface area contributed by atoms with Crippen molar-refractivity contribution in [2.45, 2.75) is 12.7 Å². The van der Waals surface area contributed by atoms with Gasteiger partial charge in [0.2, 0.25) is 0 Å². The first-order valence-corrected chi connectivity index (χ1v) is 3.36. The molecule has 1 N–H and O–H groups in total. The van der Waals surface area contributed by atoms with Gasteiger partial charge in [-0.2, -0.15) is 0 Å². The maximum absolute atomic E-state index is 10.6. The van der Waals surface area contributed by atoms with Crippen molar-refractivity contribution < 1.29 is 19.4 Å². The molecular weight excluding hydrogens is 160 g/mol. The summed E-state index contributed by atoms with van der Waals surface area (Å²) in [4.78, 5) is 21.1. The lowest BCUT2D eigenvalue weighted by atomic mass is 10.1. The Hall–Kier alpha value is -1.42. The first kappa shape index (κ1) is 8.67. The predicted octanol–water partition coefficient (Wildman–Crippen LogP) is -0.0668. The van der Waals surface area contributed by atoms with Gasteiger partial charge in [0.15, 0.2) is 5.78 Å². The Morgan fingerprint density at radius 1 is 1.50 bits per heavy atom. The molecule has 0 aromatic rings. The first-order valence-electron chi connectivity index (χ1n) is 3.36. The van der Waals surface area contributed by atoms with Crippen LogP contribution in [0.3, 0.4) is 0 Å². The molecule has 0 atom stereocenters. The summed E-state index contributed by atoms with van der Waals surface area (Å²) in [5.74, 6) is -2.60. The molecular formula is C8H8O4. The summed E-state index contributed by atoms with van der Waals surface area (Å²) in [6.45, 7) is 1.18. The molecule has 0 amide bonds. The van der Waals surface area contributed by atoms with Crippen LogP contribution in [0.25, 0.3) is 0 Å². The Morgan fingerprint density at radius 3 is 2.42 bits per heavy atom. The van der Waals surface area contributed by atoms with Gasteiger partial charge in [0, 0.05) is 6.92 Å². The molecule has 0 bridgehead atoms. The lowest BCUT2D eigenvalue weighted by Gasteiger charge is -2.21. The Kier molecular flexibility index (Phi) is 2.10. The molecule has 0 aromatic heterocycles. The van der Waals surface area contributed by atoms with E-state index < -0.39 is 11.8 Å². The Bertz CT molecular complexity index is 259. The second-order valence-corrected chi connectivity index (χ2v) is 2.41. The summed E-state index contributed by atoms with van der Waals surface area (Å²) in [6.07, 6.45) is 4.53. The number of carbonyl (C=O) groups excluding carboxylic acids is 2. The van der Waals surface area contributed by atoms with E-state index in [1.165, 1.54) is 6.92 Å². The molecule has 0 unspecified atom stereocenters. The van der Waals surface area contributed by atoms with E-state index in [2.05, 4.69) is 4.74 Å². The number of hydrogen-bond acceptors (Lipinski definition) is 4. The largest absolute Gasteiger partial charge is 0.426 e. The molecule has 0 radical (unpaired) electrons. The van der Waals surface area contributed by atoms with Crippen molar-refractivity contribution >= 4 is 11.8 Å². The van der Waals surface area contributed by atoms with Gasteiger partial charge in [-0.05, 0) is 24.3 Å². The van der Waals surface area contributed by atoms with Gasteiger partial charge in [0.25, 0.3) is 5.79 Å². The third-order valence-corrected chi connectivity index (χ3v) is 1.28. The van der Waals surface area contributed by atoms with Crippen LogP contribution in [0, 0.1) is 0 Å². The fourth-order valence-electron chi connectivity index (χ4n) is 0.812. The van der Waals surface area contributed by atoms with Crippen LogP contribution in [-0.4, -0.2) is 22.6 Å². The van der Waals surface area contributed by atoms with Crippen molar-refractivity contribution in [1.29, 1.82) is 0 Å². The van der Waals surface area contributed by atoms with E-state index in [0.29, 0.717) is 0 Å². The van der Waals surface area contributed by atoms with Crippen molar-refractivity contribution in [3.05, 3.63) is 24.3 Å². The number of hydrogen-bond donors (Lipinski definition) is 1. The molecule has 0 saturated carbocycles. The van der Waals surface area contributed by atoms with Gasteiger partial charge >= 0.3 is 5.97 Å². The number of carbonyl (C=O) groups is 2. The number of allylic oxidation sites excluding steroid dienone is 2. The van der Waals surface area contributed by atoms with E-state index in [9.17, 15) is 14.7 Å². The van der Waals surface area contributed by atoms with Gasteiger partial charge in [0.1, 0.15) is 0 Å². The molecule has 0 spiro atoms. The zero-order valence-corrected chi connectivity index (χ0v) is 6.48. The van der Waals surface area contributed by atoms with Crippen molar-refractivity contribution in [1.82, 2.24) is 0 Å². The minimum Gasteiger partial charge on any atom is -0.426 e. The molecule has 0 aromatic carbocycles. The normalized spacial score (nSPS) is 19.3. The number of ether oxygens (including phenoxy) is 1. The SMILES string of the molecule is CC(=O)OC1(O)C=CC(=O)C=C1. The van der Waals surface area contributed by atoms with E-state index in [-0.39, 0.29) is 5.78 Å². The van der Waals surface area contributed by atoms with Crippen LogP contribution < -0.4 is 0 Å². The third kappa shape index (κ3) is 2.03. The number of rotatable bonds is 1. The number of esters is 1. The smallest absolute Gasteiger partial charge is 0.305 e. The standard InChI is InChI=1S/C8H8O4/c1-6(9)12-8(11)4-2-7(10)3-5-8/h2-5,11H,1H3. The summed E-state index contributed by atoms with van der Waals surface area (Å²) < 4.78 is 4.52. The van der Waals surface area contributed by atoms with E-state index in [1.54, 1.807) is 0 Å². The van der Waals surface area contributed by atoms with Crippen LogP contribution in [0.4, 0.5) is 0 Å². The summed E-state index contributed by atoms with van der Waals surface area (Å²) >= 11 is 0. The molecule has 1 rings (SSSR count). The van der Waals surface area contributed by atoms with Crippen molar-refractivity contribution in [2.24, 2.45) is 0 Å². The van der Waals surface area contributed by atoms with Crippen molar-refractivity contribution in [2.75, 3.05) is 0 Å². The highest BCUT2D eigenvalue weighted by molar-refractivity contribution is 6.00. The Morgan fingerprint density at radius 2 is 2.00 bits per heavy atom. The van der Waals surface area contributed by atoms with E-state index in [0.717, 1.165) is 24.3 Å². The zero-order chi connectivity index (χ0) is 9.19. The van der Waals surface area contributed by atoms with Gasteiger partial charge in [0.05, 0.1) is 0 Å². The van der Waals surface area contributed by atoms with Gasteiger partial charge in [-0.15, -0.1) is 0 Å². The van der Waals surface area contributed by atoms with Crippen LogP contribution >= 0.6 is 0 Å². The summed E-state index contributed by atoms with van der Waals surface area (Å²) in [5, 5.41) is 9.39. The van der Waals surface area contributed by atoms with Gasteiger partial charge in [-0.1, -0.05) is 0 Å². The third-order valence-electron chi connectivity index (χ3n) is 1.28. The first-order chi connectivity index (χ1) is 5.52. The van der Waals surface area contributed by atoms with Gasteiger partial charge in [-0.3, -0.25) is 9.59 Å². The fraction of sp³-hybridized carbons (Fsp3) is 0.250. The van der Waals surface area contributed by atoms with Gasteiger partial charge < -0.3 is 9.84 Å².